The maximum atomic E-state index is 13.8. The summed E-state index contributed by atoms with van der Waals surface area (Å²) in [5, 5.41) is 0. The van der Waals surface area contributed by atoms with Gasteiger partial charge >= 0.3 is 5.97 Å². The zero-order valence-electron chi connectivity index (χ0n) is 16.0. The molecule has 150 valence electrons. The highest BCUT2D eigenvalue weighted by Gasteiger charge is 2.29. The van der Waals surface area contributed by atoms with E-state index in [1.54, 1.807) is 0 Å². The highest BCUT2D eigenvalue weighted by atomic mass is 19.1. The number of carbonyl (C=O) groups is 2. The van der Waals surface area contributed by atoms with E-state index in [-0.39, 0.29) is 17.5 Å². The van der Waals surface area contributed by atoms with Gasteiger partial charge in [0.25, 0.3) is 5.91 Å². The van der Waals surface area contributed by atoms with E-state index < -0.39 is 17.5 Å². The highest BCUT2D eigenvalue weighted by molar-refractivity contribution is 5.94. The first kappa shape index (κ1) is 21.3. The third-order valence-electron chi connectivity index (χ3n) is 5.02. The Morgan fingerprint density at radius 3 is 2.41 bits per heavy atom. The number of ether oxygens (including phenoxy) is 1. The molecule has 0 N–H and O–H groups in total. The summed E-state index contributed by atoms with van der Waals surface area (Å²) in [6, 6.07) is 2.94. The first-order chi connectivity index (χ1) is 13.0. The first-order valence-electron chi connectivity index (χ1n) is 9.94. The van der Waals surface area contributed by atoms with Crippen molar-refractivity contribution in [1.82, 2.24) is 4.90 Å². The lowest BCUT2D eigenvalue weighted by atomic mass is 9.96. The fourth-order valence-corrected chi connectivity index (χ4v) is 3.32. The minimum atomic E-state index is -0.861. The van der Waals surface area contributed by atoms with Gasteiger partial charge in [0.05, 0.1) is 18.1 Å². The molecule has 6 heteroatoms. The average Bonchev–Trinajstić information content (AvgIpc) is 2.67. The van der Waals surface area contributed by atoms with Gasteiger partial charge in [-0.2, -0.15) is 0 Å². The molecular formula is C21H29F2NO3. The van der Waals surface area contributed by atoms with Crippen molar-refractivity contribution < 1.29 is 23.1 Å². The number of unbranched alkanes of at least 4 members (excludes halogenated alkanes) is 5. The predicted octanol–water partition coefficient (Wildman–Crippen LogP) is 4.72. The molecule has 1 aromatic rings. The summed E-state index contributed by atoms with van der Waals surface area (Å²) in [6.07, 6.45) is 7.83. The van der Waals surface area contributed by atoms with E-state index in [9.17, 15) is 18.4 Å². The minimum absolute atomic E-state index is 0.138. The molecule has 0 atom stereocenters. The topological polar surface area (TPSA) is 46.6 Å². The summed E-state index contributed by atoms with van der Waals surface area (Å²) in [7, 11) is 0. The predicted molar refractivity (Wildman–Crippen MR) is 99.3 cm³/mol. The molecule has 1 aromatic carbocycles. The third-order valence-corrected chi connectivity index (χ3v) is 5.02. The zero-order chi connectivity index (χ0) is 19.6. The van der Waals surface area contributed by atoms with E-state index in [2.05, 4.69) is 6.92 Å². The number of hydrogen-bond acceptors (Lipinski definition) is 3. The van der Waals surface area contributed by atoms with Crippen molar-refractivity contribution in [2.24, 2.45) is 5.92 Å². The van der Waals surface area contributed by atoms with Gasteiger partial charge < -0.3 is 9.64 Å². The standard InChI is InChI=1S/C21H29F2NO3/c1-2-3-4-5-6-7-14-27-21(26)16-10-12-24(13-11-16)20(25)18-9-8-17(22)15-19(18)23/h8-9,15-16H,2-7,10-14H2,1H3. The molecule has 0 aliphatic carbocycles. The molecule has 0 aromatic heterocycles. The largest absolute Gasteiger partial charge is 0.465 e. The second-order valence-electron chi connectivity index (χ2n) is 7.13. The van der Waals surface area contributed by atoms with Crippen LogP contribution >= 0.6 is 0 Å². The van der Waals surface area contributed by atoms with Gasteiger partial charge in [0.2, 0.25) is 0 Å². The van der Waals surface area contributed by atoms with Crippen LogP contribution in [0.25, 0.3) is 0 Å². The van der Waals surface area contributed by atoms with Gasteiger partial charge in [-0.25, -0.2) is 8.78 Å². The first-order valence-corrected chi connectivity index (χ1v) is 9.94. The Bertz CT molecular complexity index is 628. The van der Waals surface area contributed by atoms with Crippen LogP contribution in [0.2, 0.25) is 0 Å². The SMILES string of the molecule is CCCCCCCCOC(=O)C1CCN(C(=O)c2ccc(F)cc2F)CC1. The molecule has 0 radical (unpaired) electrons. The molecule has 0 saturated carbocycles. The molecule has 1 heterocycles. The van der Waals surface area contributed by atoms with Crippen LogP contribution in [-0.2, 0) is 9.53 Å². The summed E-state index contributed by atoms with van der Waals surface area (Å²) in [5.41, 5.74) is -0.138. The Hall–Kier alpha value is -1.98. The fourth-order valence-electron chi connectivity index (χ4n) is 3.32. The Kier molecular flexibility index (Phi) is 8.69. The van der Waals surface area contributed by atoms with E-state index in [1.807, 2.05) is 0 Å². The normalized spacial score (nSPS) is 15.0. The van der Waals surface area contributed by atoms with Crippen LogP contribution in [0.3, 0.4) is 0 Å². The van der Waals surface area contributed by atoms with E-state index in [0.29, 0.717) is 38.6 Å². The molecular weight excluding hydrogens is 352 g/mol. The van der Waals surface area contributed by atoms with Crippen LogP contribution < -0.4 is 0 Å². The quantitative estimate of drug-likeness (QED) is 0.459. The van der Waals surface area contributed by atoms with Gasteiger partial charge in [-0.15, -0.1) is 0 Å². The molecule has 0 spiro atoms. The van der Waals surface area contributed by atoms with Gasteiger partial charge in [-0.3, -0.25) is 9.59 Å². The summed E-state index contributed by atoms with van der Waals surface area (Å²) in [4.78, 5) is 26.0. The monoisotopic (exact) mass is 381 g/mol. The number of nitrogens with zero attached hydrogens (tertiary/aromatic N) is 1. The van der Waals surface area contributed by atoms with Crippen LogP contribution in [0.5, 0.6) is 0 Å². The fraction of sp³-hybridized carbons (Fsp3) is 0.619. The van der Waals surface area contributed by atoms with Crippen LogP contribution in [0.15, 0.2) is 18.2 Å². The van der Waals surface area contributed by atoms with Gasteiger partial charge in [-0.1, -0.05) is 39.0 Å². The molecule has 0 unspecified atom stereocenters. The number of hydrogen-bond donors (Lipinski definition) is 0. The molecule has 27 heavy (non-hydrogen) atoms. The molecule has 1 saturated heterocycles. The summed E-state index contributed by atoms with van der Waals surface area (Å²) < 4.78 is 32.1. The van der Waals surface area contributed by atoms with Gasteiger partial charge in [0.15, 0.2) is 0 Å². The zero-order valence-corrected chi connectivity index (χ0v) is 16.0. The van der Waals surface area contributed by atoms with Crippen molar-refractivity contribution in [2.75, 3.05) is 19.7 Å². The lowest BCUT2D eigenvalue weighted by Crippen LogP contribution is -2.41. The van der Waals surface area contributed by atoms with E-state index >= 15 is 0 Å². The number of rotatable bonds is 9. The van der Waals surface area contributed by atoms with Crippen LogP contribution in [-0.4, -0.2) is 36.5 Å². The number of benzene rings is 1. The second kappa shape index (κ2) is 11.0. The van der Waals surface area contributed by atoms with Gasteiger partial charge in [-0.05, 0) is 31.4 Å². The van der Waals surface area contributed by atoms with Crippen molar-refractivity contribution in [3.05, 3.63) is 35.4 Å². The molecule has 1 aliphatic heterocycles. The van der Waals surface area contributed by atoms with Crippen molar-refractivity contribution in [3.8, 4) is 0 Å². The number of esters is 1. The number of amides is 1. The molecule has 1 amide bonds. The van der Waals surface area contributed by atoms with Crippen molar-refractivity contribution in [2.45, 2.75) is 58.3 Å². The van der Waals surface area contributed by atoms with Crippen molar-refractivity contribution in [1.29, 1.82) is 0 Å². The van der Waals surface area contributed by atoms with Crippen molar-refractivity contribution >= 4 is 11.9 Å². The average molecular weight is 381 g/mol. The number of piperidine rings is 1. The molecule has 1 aliphatic rings. The van der Waals surface area contributed by atoms with Crippen LogP contribution in [0.1, 0.15) is 68.6 Å². The van der Waals surface area contributed by atoms with Crippen molar-refractivity contribution in [3.63, 3.8) is 0 Å². The van der Waals surface area contributed by atoms with Crippen LogP contribution in [0.4, 0.5) is 8.78 Å². The van der Waals surface area contributed by atoms with Crippen LogP contribution in [0, 0.1) is 17.6 Å². The molecule has 2 rings (SSSR count). The Morgan fingerprint density at radius 2 is 1.74 bits per heavy atom. The Morgan fingerprint density at radius 1 is 1.07 bits per heavy atom. The maximum absolute atomic E-state index is 13.8. The Labute approximate surface area is 159 Å². The van der Waals surface area contributed by atoms with E-state index in [1.165, 1.54) is 30.6 Å². The third kappa shape index (κ3) is 6.60. The smallest absolute Gasteiger partial charge is 0.309 e. The van der Waals surface area contributed by atoms with Gasteiger partial charge in [0.1, 0.15) is 11.6 Å². The number of halogens is 2. The molecule has 0 bridgehead atoms. The van der Waals surface area contributed by atoms with E-state index in [0.717, 1.165) is 25.0 Å². The molecule has 4 nitrogen and oxygen atoms in total. The summed E-state index contributed by atoms with van der Waals surface area (Å²) in [5.74, 6) is -2.46. The second-order valence-corrected chi connectivity index (χ2v) is 7.13. The van der Waals surface area contributed by atoms with Gasteiger partial charge in [0, 0.05) is 19.2 Å². The summed E-state index contributed by atoms with van der Waals surface area (Å²) in [6.45, 7) is 3.36. The lowest BCUT2D eigenvalue weighted by Gasteiger charge is -2.31. The lowest BCUT2D eigenvalue weighted by molar-refractivity contribution is -0.150. The Balaban J connectivity index is 1.70. The maximum Gasteiger partial charge on any atom is 0.309 e. The number of carbonyl (C=O) groups excluding carboxylic acids is 2. The van der Waals surface area contributed by atoms with E-state index in [4.69, 9.17) is 4.74 Å². The minimum Gasteiger partial charge on any atom is -0.465 e. The number of likely N-dealkylation sites (tertiary alicyclic amines) is 1. The highest BCUT2D eigenvalue weighted by Crippen LogP contribution is 2.22. The molecule has 1 fully saturated rings. The summed E-state index contributed by atoms with van der Waals surface area (Å²) >= 11 is 0.